The first-order valence-corrected chi connectivity index (χ1v) is 9.48. The first-order valence-electron chi connectivity index (χ1n) is 8.60. The van der Waals surface area contributed by atoms with Gasteiger partial charge in [-0.2, -0.15) is 0 Å². The second-order valence-corrected chi connectivity index (χ2v) is 6.97. The van der Waals surface area contributed by atoms with Crippen molar-refractivity contribution in [3.8, 4) is 10.6 Å². The summed E-state index contributed by atoms with van der Waals surface area (Å²) >= 11 is 1.58. The van der Waals surface area contributed by atoms with Crippen LogP contribution in [0.25, 0.3) is 10.6 Å². The summed E-state index contributed by atoms with van der Waals surface area (Å²) in [6, 6.07) is 8.44. The van der Waals surface area contributed by atoms with E-state index in [9.17, 15) is 4.79 Å². The van der Waals surface area contributed by atoms with Crippen LogP contribution in [0.2, 0.25) is 0 Å². The standard InChI is InChI=1S/C19H27N3OS/c1-4-14-7-9-15(10-8-14)18-21-16(12-24-18)11-17(23)22-19(5-2,6-3)13-20/h7-10,12H,4-6,11,13,20H2,1-3H3,(H,22,23). The molecule has 0 fully saturated rings. The summed E-state index contributed by atoms with van der Waals surface area (Å²) in [4.78, 5) is 16.9. The third kappa shape index (κ3) is 4.42. The molecule has 0 saturated heterocycles. The number of thiazole rings is 1. The van der Waals surface area contributed by atoms with Gasteiger partial charge in [-0.3, -0.25) is 4.79 Å². The van der Waals surface area contributed by atoms with Gasteiger partial charge in [0.2, 0.25) is 5.91 Å². The molecule has 4 nitrogen and oxygen atoms in total. The molecule has 1 aromatic carbocycles. The van der Waals surface area contributed by atoms with Crippen LogP contribution in [0.15, 0.2) is 29.6 Å². The fourth-order valence-electron chi connectivity index (χ4n) is 2.67. The Balaban J connectivity index is 2.03. The third-order valence-corrected chi connectivity index (χ3v) is 5.59. The van der Waals surface area contributed by atoms with Gasteiger partial charge < -0.3 is 11.1 Å². The van der Waals surface area contributed by atoms with Crippen LogP contribution in [0.3, 0.4) is 0 Å². The Hall–Kier alpha value is -1.72. The number of aryl methyl sites for hydroxylation is 1. The van der Waals surface area contributed by atoms with Crippen molar-refractivity contribution in [3.05, 3.63) is 40.9 Å². The SMILES string of the molecule is CCc1ccc(-c2nc(CC(=O)NC(CC)(CC)CN)cs2)cc1. The van der Waals surface area contributed by atoms with Crippen LogP contribution in [-0.2, 0) is 17.6 Å². The molecule has 0 atom stereocenters. The predicted molar refractivity (Wildman–Crippen MR) is 101 cm³/mol. The summed E-state index contributed by atoms with van der Waals surface area (Å²) in [7, 11) is 0. The van der Waals surface area contributed by atoms with Crippen LogP contribution < -0.4 is 11.1 Å². The van der Waals surface area contributed by atoms with E-state index in [4.69, 9.17) is 5.73 Å². The summed E-state index contributed by atoms with van der Waals surface area (Å²) < 4.78 is 0. The zero-order valence-corrected chi connectivity index (χ0v) is 15.6. The smallest absolute Gasteiger partial charge is 0.226 e. The van der Waals surface area contributed by atoms with Gasteiger partial charge in [-0.1, -0.05) is 45.0 Å². The molecule has 2 aromatic rings. The van der Waals surface area contributed by atoms with E-state index in [1.807, 2.05) is 5.38 Å². The van der Waals surface area contributed by atoms with Gasteiger partial charge in [0.1, 0.15) is 5.01 Å². The molecular formula is C19H27N3OS. The Morgan fingerprint density at radius 2 is 1.88 bits per heavy atom. The summed E-state index contributed by atoms with van der Waals surface area (Å²) in [6.07, 6.45) is 2.99. The summed E-state index contributed by atoms with van der Waals surface area (Å²) in [5.41, 5.74) is 8.77. The lowest BCUT2D eigenvalue weighted by atomic mass is 9.92. The molecule has 0 aliphatic carbocycles. The zero-order valence-electron chi connectivity index (χ0n) is 14.8. The Bertz CT molecular complexity index is 651. The second kappa shape index (κ2) is 8.40. The summed E-state index contributed by atoms with van der Waals surface area (Å²) in [6.45, 7) is 6.70. The van der Waals surface area contributed by atoms with Gasteiger partial charge >= 0.3 is 0 Å². The number of hydrogen-bond donors (Lipinski definition) is 2. The van der Waals surface area contributed by atoms with Crippen molar-refractivity contribution in [1.29, 1.82) is 0 Å². The Labute approximate surface area is 148 Å². The Morgan fingerprint density at radius 3 is 2.42 bits per heavy atom. The van der Waals surface area contributed by atoms with Crippen molar-refractivity contribution in [2.45, 2.75) is 52.0 Å². The molecule has 0 spiro atoms. The molecule has 2 rings (SSSR count). The first-order chi connectivity index (χ1) is 11.6. The van der Waals surface area contributed by atoms with Crippen LogP contribution in [0.5, 0.6) is 0 Å². The van der Waals surface area contributed by atoms with Gasteiger partial charge in [0.05, 0.1) is 17.7 Å². The maximum Gasteiger partial charge on any atom is 0.226 e. The average Bonchev–Trinajstić information content (AvgIpc) is 3.08. The highest BCUT2D eigenvalue weighted by molar-refractivity contribution is 7.13. The molecule has 0 aliphatic rings. The van der Waals surface area contributed by atoms with Gasteiger partial charge in [-0.05, 0) is 24.8 Å². The normalized spacial score (nSPS) is 11.5. The molecule has 1 aromatic heterocycles. The number of carbonyl (C=O) groups is 1. The number of nitrogens with one attached hydrogen (secondary N) is 1. The Morgan fingerprint density at radius 1 is 1.21 bits per heavy atom. The molecule has 1 heterocycles. The predicted octanol–water partition coefficient (Wildman–Crippen LogP) is 3.55. The van der Waals surface area contributed by atoms with E-state index in [1.165, 1.54) is 5.56 Å². The fraction of sp³-hybridized carbons (Fsp3) is 0.474. The molecule has 5 heteroatoms. The van der Waals surface area contributed by atoms with Crippen LogP contribution >= 0.6 is 11.3 Å². The maximum absolute atomic E-state index is 12.3. The van der Waals surface area contributed by atoms with Crippen LogP contribution in [0.1, 0.15) is 44.9 Å². The van der Waals surface area contributed by atoms with Gasteiger partial charge in [0.15, 0.2) is 0 Å². The summed E-state index contributed by atoms with van der Waals surface area (Å²) in [5, 5.41) is 6.01. The molecule has 130 valence electrons. The average molecular weight is 346 g/mol. The van der Waals surface area contributed by atoms with Crippen LogP contribution in [-0.4, -0.2) is 23.0 Å². The van der Waals surface area contributed by atoms with Crippen molar-refractivity contribution in [2.75, 3.05) is 6.54 Å². The van der Waals surface area contributed by atoms with E-state index in [0.717, 1.165) is 35.5 Å². The number of rotatable bonds is 8. The lowest BCUT2D eigenvalue weighted by molar-refractivity contribution is -0.122. The van der Waals surface area contributed by atoms with Gasteiger partial charge in [-0.15, -0.1) is 11.3 Å². The number of carbonyl (C=O) groups excluding carboxylic acids is 1. The van der Waals surface area contributed by atoms with Gasteiger partial charge in [0.25, 0.3) is 0 Å². The molecule has 0 bridgehead atoms. The van der Waals surface area contributed by atoms with Crippen molar-refractivity contribution in [2.24, 2.45) is 5.73 Å². The lowest BCUT2D eigenvalue weighted by Gasteiger charge is -2.31. The highest BCUT2D eigenvalue weighted by atomic mass is 32.1. The van der Waals surface area contributed by atoms with E-state index in [1.54, 1.807) is 11.3 Å². The molecule has 24 heavy (non-hydrogen) atoms. The second-order valence-electron chi connectivity index (χ2n) is 6.11. The van der Waals surface area contributed by atoms with Crippen molar-refractivity contribution >= 4 is 17.2 Å². The fourth-order valence-corrected chi connectivity index (χ4v) is 3.50. The van der Waals surface area contributed by atoms with Gasteiger partial charge in [-0.25, -0.2) is 4.98 Å². The molecule has 3 N–H and O–H groups in total. The van der Waals surface area contributed by atoms with E-state index in [0.29, 0.717) is 13.0 Å². The molecule has 1 amide bonds. The van der Waals surface area contributed by atoms with E-state index in [2.05, 4.69) is 55.3 Å². The summed E-state index contributed by atoms with van der Waals surface area (Å²) in [5.74, 6) is -0.0117. The molecular weight excluding hydrogens is 318 g/mol. The molecule has 0 radical (unpaired) electrons. The lowest BCUT2D eigenvalue weighted by Crippen LogP contribution is -2.53. The number of amides is 1. The molecule has 0 saturated carbocycles. The van der Waals surface area contributed by atoms with Gasteiger partial charge in [0, 0.05) is 17.5 Å². The number of nitrogens with zero attached hydrogens (tertiary/aromatic N) is 1. The largest absolute Gasteiger partial charge is 0.349 e. The van der Waals surface area contributed by atoms with Crippen molar-refractivity contribution in [3.63, 3.8) is 0 Å². The number of hydrogen-bond acceptors (Lipinski definition) is 4. The van der Waals surface area contributed by atoms with Crippen LogP contribution in [0, 0.1) is 0 Å². The topological polar surface area (TPSA) is 68.0 Å². The van der Waals surface area contributed by atoms with Crippen molar-refractivity contribution < 1.29 is 4.79 Å². The highest BCUT2D eigenvalue weighted by Crippen LogP contribution is 2.24. The zero-order chi connectivity index (χ0) is 17.6. The minimum atomic E-state index is -0.300. The van der Waals surface area contributed by atoms with E-state index < -0.39 is 0 Å². The maximum atomic E-state index is 12.3. The monoisotopic (exact) mass is 345 g/mol. The Kier molecular flexibility index (Phi) is 6.52. The van der Waals surface area contributed by atoms with Crippen molar-refractivity contribution in [1.82, 2.24) is 10.3 Å². The third-order valence-electron chi connectivity index (χ3n) is 4.65. The number of nitrogens with two attached hydrogens (primary N) is 1. The van der Waals surface area contributed by atoms with E-state index in [-0.39, 0.29) is 11.4 Å². The number of benzene rings is 1. The minimum absolute atomic E-state index is 0.0117. The molecule has 0 aliphatic heterocycles. The minimum Gasteiger partial charge on any atom is -0.349 e. The molecule has 0 unspecified atom stereocenters. The van der Waals surface area contributed by atoms with E-state index >= 15 is 0 Å². The highest BCUT2D eigenvalue weighted by Gasteiger charge is 2.26. The van der Waals surface area contributed by atoms with Crippen LogP contribution in [0.4, 0.5) is 0 Å². The quantitative estimate of drug-likeness (QED) is 0.769. The number of aromatic nitrogens is 1. The first kappa shape index (κ1) is 18.6.